The van der Waals surface area contributed by atoms with E-state index in [0.717, 1.165) is 11.4 Å². The van der Waals surface area contributed by atoms with Gasteiger partial charge in [0.1, 0.15) is 11.5 Å². The van der Waals surface area contributed by atoms with E-state index in [1.807, 2.05) is 18.2 Å². The Morgan fingerprint density at radius 3 is 1.69 bits per heavy atom. The number of para-hydroxylation sites is 3. The van der Waals surface area contributed by atoms with Crippen LogP contribution < -0.4 is 14.4 Å². The number of nitrogens with one attached hydrogen (secondary N) is 1. The van der Waals surface area contributed by atoms with E-state index < -0.39 is 6.80 Å². The van der Waals surface area contributed by atoms with Crippen LogP contribution >= 0.6 is 18.2 Å². The van der Waals surface area contributed by atoms with E-state index in [2.05, 4.69) is 5.32 Å². The summed E-state index contributed by atoms with van der Waals surface area (Å²) in [6.07, 6.45) is 0. The third-order valence-corrected chi connectivity index (χ3v) is 7.66. The molecule has 0 fully saturated rings. The van der Waals surface area contributed by atoms with Crippen LogP contribution in [0.3, 0.4) is 0 Å². The summed E-state index contributed by atoms with van der Waals surface area (Å²) >= 11 is 0.941. The zero-order chi connectivity index (χ0) is 22.2. The topological polar surface area (TPSA) is 64.6 Å². The first-order chi connectivity index (χ1) is 15.6. The molecule has 0 bridgehead atoms. The number of hydrogen-bond donors (Lipinski definition) is 1. The highest BCUT2D eigenvalue weighted by Gasteiger charge is 2.32. The van der Waals surface area contributed by atoms with Gasteiger partial charge in [0.25, 0.3) is 5.91 Å². The number of hydrogen-bond acceptors (Lipinski definition) is 5. The van der Waals surface area contributed by atoms with E-state index >= 15 is 0 Å². The summed E-state index contributed by atoms with van der Waals surface area (Å²) < 4.78 is 25.5. The standard InChI is InChI=1S/C25H20NO4PS/c27-25(20-12-4-1-5-13-20)26-23-18-10-11-19-24(23)32-31(28,29-21-14-6-2-7-15-21)30-22-16-8-3-9-17-22/h1-19H,(H,26,27). The van der Waals surface area contributed by atoms with Crippen LogP contribution in [-0.4, -0.2) is 5.91 Å². The molecule has 0 saturated carbocycles. The van der Waals surface area contributed by atoms with E-state index in [1.54, 1.807) is 97.1 Å². The second-order valence-electron chi connectivity index (χ2n) is 6.66. The van der Waals surface area contributed by atoms with Gasteiger partial charge in [-0.1, -0.05) is 66.7 Å². The normalized spacial score (nSPS) is 10.9. The SMILES string of the molecule is O=C(Nc1ccccc1SP(=O)(Oc1ccccc1)Oc1ccccc1)c1ccccc1. The fraction of sp³-hybridized carbons (Fsp3) is 0. The van der Waals surface area contributed by atoms with Crippen LogP contribution in [0.4, 0.5) is 5.69 Å². The summed E-state index contributed by atoms with van der Waals surface area (Å²) in [5.41, 5.74) is 1.04. The molecule has 4 aromatic rings. The molecule has 0 saturated heterocycles. The van der Waals surface area contributed by atoms with Crippen molar-refractivity contribution < 1.29 is 18.4 Å². The molecule has 4 aromatic carbocycles. The predicted octanol–water partition coefficient (Wildman–Crippen LogP) is 7.30. The molecular formula is C25H20NO4PS. The molecule has 0 heterocycles. The molecule has 0 aromatic heterocycles. The highest BCUT2D eigenvalue weighted by atomic mass is 32.7. The van der Waals surface area contributed by atoms with Crippen LogP contribution in [0, 0.1) is 0 Å². The molecule has 0 aliphatic rings. The lowest BCUT2D eigenvalue weighted by Crippen LogP contribution is -2.12. The minimum atomic E-state index is -3.76. The molecule has 160 valence electrons. The van der Waals surface area contributed by atoms with Gasteiger partial charge >= 0.3 is 6.80 Å². The lowest BCUT2D eigenvalue weighted by atomic mass is 10.2. The third-order valence-electron chi connectivity index (χ3n) is 4.30. The smallest absolute Gasteiger partial charge is 0.408 e. The predicted molar refractivity (Wildman–Crippen MR) is 128 cm³/mol. The highest BCUT2D eigenvalue weighted by molar-refractivity contribution is 8.55. The maximum Gasteiger partial charge on any atom is 0.497 e. The maximum atomic E-state index is 13.8. The Morgan fingerprint density at radius 1 is 0.656 bits per heavy atom. The third kappa shape index (κ3) is 5.82. The molecule has 0 atom stereocenters. The van der Waals surface area contributed by atoms with Crippen molar-refractivity contribution in [2.75, 3.05) is 5.32 Å². The van der Waals surface area contributed by atoms with Crippen molar-refractivity contribution in [2.45, 2.75) is 4.90 Å². The van der Waals surface area contributed by atoms with E-state index in [0.29, 0.717) is 27.6 Å². The Hall–Kier alpha value is -3.47. The van der Waals surface area contributed by atoms with Crippen molar-refractivity contribution >= 4 is 29.8 Å². The highest BCUT2D eigenvalue weighted by Crippen LogP contribution is 2.63. The Kier molecular flexibility index (Phi) is 6.95. The minimum Gasteiger partial charge on any atom is -0.408 e. The number of carbonyl (C=O) groups excluding carboxylic acids is 1. The van der Waals surface area contributed by atoms with Gasteiger partial charge < -0.3 is 14.4 Å². The lowest BCUT2D eigenvalue weighted by molar-refractivity contribution is 0.102. The van der Waals surface area contributed by atoms with Crippen LogP contribution in [0.2, 0.25) is 0 Å². The molecule has 0 aliphatic heterocycles. The Labute approximate surface area is 190 Å². The average molecular weight is 461 g/mol. The Morgan fingerprint density at radius 2 is 1.12 bits per heavy atom. The Bertz CT molecular complexity index is 1170. The first-order valence-corrected chi connectivity index (χ1v) is 12.8. The van der Waals surface area contributed by atoms with E-state index in [4.69, 9.17) is 9.05 Å². The summed E-state index contributed by atoms with van der Waals surface area (Å²) in [7, 11) is 0. The average Bonchev–Trinajstić information content (AvgIpc) is 2.82. The summed E-state index contributed by atoms with van der Waals surface area (Å²) in [5.74, 6) is 0.580. The number of benzene rings is 4. The number of carbonyl (C=O) groups is 1. The fourth-order valence-electron chi connectivity index (χ4n) is 2.83. The van der Waals surface area contributed by atoms with Crippen molar-refractivity contribution in [1.29, 1.82) is 0 Å². The fourth-order valence-corrected chi connectivity index (χ4v) is 6.24. The van der Waals surface area contributed by atoms with Crippen LogP contribution in [-0.2, 0) is 4.57 Å². The number of rotatable bonds is 8. The van der Waals surface area contributed by atoms with Crippen LogP contribution in [0.5, 0.6) is 11.5 Å². The summed E-state index contributed by atoms with van der Waals surface area (Å²) in [6, 6.07) is 33.7. The van der Waals surface area contributed by atoms with Gasteiger partial charge in [-0.2, -0.15) is 0 Å². The van der Waals surface area contributed by atoms with E-state index in [9.17, 15) is 9.36 Å². The largest absolute Gasteiger partial charge is 0.497 e. The summed E-state index contributed by atoms with van der Waals surface area (Å²) in [5, 5.41) is 2.89. The first-order valence-electron chi connectivity index (χ1n) is 9.86. The maximum absolute atomic E-state index is 13.8. The molecular weight excluding hydrogens is 441 g/mol. The van der Waals surface area contributed by atoms with Gasteiger partial charge in [-0.25, -0.2) is 4.57 Å². The van der Waals surface area contributed by atoms with Gasteiger partial charge in [0.2, 0.25) is 0 Å². The minimum absolute atomic E-state index is 0.263. The van der Waals surface area contributed by atoms with Crippen molar-refractivity contribution in [3.05, 3.63) is 121 Å². The van der Waals surface area contributed by atoms with Crippen LogP contribution in [0.15, 0.2) is 120 Å². The molecule has 1 amide bonds. The first kappa shape index (κ1) is 21.8. The zero-order valence-electron chi connectivity index (χ0n) is 17.0. The summed E-state index contributed by atoms with van der Waals surface area (Å²) in [6.45, 7) is -3.76. The molecule has 7 heteroatoms. The van der Waals surface area contributed by atoms with Crippen molar-refractivity contribution in [3.8, 4) is 11.5 Å². The number of amides is 1. The quantitative estimate of drug-likeness (QED) is 0.279. The van der Waals surface area contributed by atoms with Crippen LogP contribution in [0.1, 0.15) is 10.4 Å². The van der Waals surface area contributed by atoms with E-state index in [-0.39, 0.29) is 5.91 Å². The lowest BCUT2D eigenvalue weighted by Gasteiger charge is -2.20. The van der Waals surface area contributed by atoms with Gasteiger partial charge in [0.05, 0.1) is 5.69 Å². The summed E-state index contributed by atoms with van der Waals surface area (Å²) in [4.78, 5) is 13.2. The second-order valence-corrected chi connectivity index (χ2v) is 10.4. The molecule has 0 aliphatic carbocycles. The monoisotopic (exact) mass is 461 g/mol. The molecule has 4 rings (SSSR count). The molecule has 0 radical (unpaired) electrons. The van der Waals surface area contributed by atoms with Crippen molar-refractivity contribution in [2.24, 2.45) is 0 Å². The second kappa shape index (κ2) is 10.2. The van der Waals surface area contributed by atoms with Crippen molar-refractivity contribution in [1.82, 2.24) is 0 Å². The molecule has 0 spiro atoms. The van der Waals surface area contributed by atoms with Gasteiger partial charge in [-0.05, 0) is 48.5 Å². The van der Waals surface area contributed by atoms with Gasteiger partial charge in [-0.3, -0.25) is 4.79 Å². The molecule has 1 N–H and O–H groups in total. The molecule has 5 nitrogen and oxygen atoms in total. The zero-order valence-corrected chi connectivity index (χ0v) is 18.7. The van der Waals surface area contributed by atoms with Gasteiger partial charge in [-0.15, -0.1) is 0 Å². The van der Waals surface area contributed by atoms with Gasteiger partial charge in [0, 0.05) is 21.8 Å². The molecule has 32 heavy (non-hydrogen) atoms. The van der Waals surface area contributed by atoms with Crippen LogP contribution in [0.25, 0.3) is 0 Å². The Balaban J connectivity index is 1.62. The van der Waals surface area contributed by atoms with Crippen molar-refractivity contribution in [3.63, 3.8) is 0 Å². The van der Waals surface area contributed by atoms with Gasteiger partial charge in [0.15, 0.2) is 0 Å². The number of anilines is 1. The molecule has 0 unspecified atom stereocenters. The van der Waals surface area contributed by atoms with E-state index in [1.165, 1.54) is 0 Å².